The van der Waals surface area contributed by atoms with E-state index in [0.717, 1.165) is 48.3 Å². The van der Waals surface area contributed by atoms with Crippen molar-refractivity contribution in [2.75, 3.05) is 13.1 Å². The fourth-order valence-corrected chi connectivity index (χ4v) is 4.82. The number of allylic oxidation sites excluding steroid dienone is 1. The molecule has 1 fully saturated rings. The van der Waals surface area contributed by atoms with Crippen LogP contribution < -0.4 is 5.32 Å². The van der Waals surface area contributed by atoms with Crippen LogP contribution in [0.5, 0.6) is 0 Å². The quantitative estimate of drug-likeness (QED) is 0.300. The molecule has 2 aliphatic heterocycles. The van der Waals surface area contributed by atoms with Crippen LogP contribution in [0, 0.1) is 35.5 Å². The number of nitrogens with zero attached hydrogens (tertiary/aromatic N) is 1. The zero-order chi connectivity index (χ0) is 35.2. The minimum Gasteiger partial charge on any atom is -0.361 e. The third kappa shape index (κ3) is 29.3. The highest BCUT2D eigenvalue weighted by Gasteiger charge is 2.04. The Hall–Kier alpha value is -1.87. The number of benzene rings is 1. The smallest absolute Gasteiger partial charge is 0.0456 e. The minimum atomic E-state index is 0.721. The second-order valence-electron chi connectivity index (χ2n) is 14.0. The number of hydrogen-bond donors (Lipinski definition) is 2. The van der Waals surface area contributed by atoms with Crippen LogP contribution in [-0.2, 0) is 6.42 Å². The maximum absolute atomic E-state index is 4.03. The summed E-state index contributed by atoms with van der Waals surface area (Å²) in [5, 5.41) is 4.59. The summed E-state index contributed by atoms with van der Waals surface area (Å²) in [4.78, 5) is 7.32. The Balaban J connectivity index is -0.000000493. The van der Waals surface area contributed by atoms with Crippen molar-refractivity contribution in [2.24, 2.45) is 40.5 Å². The number of para-hydroxylation sites is 1. The second kappa shape index (κ2) is 32.1. The maximum atomic E-state index is 4.03. The van der Waals surface area contributed by atoms with E-state index in [1.807, 2.05) is 40.1 Å². The minimum absolute atomic E-state index is 0.721. The van der Waals surface area contributed by atoms with Crippen LogP contribution in [0.15, 0.2) is 47.2 Å². The van der Waals surface area contributed by atoms with Gasteiger partial charge in [-0.25, -0.2) is 0 Å². The monoisotopic (exact) mass is 628 g/mol. The van der Waals surface area contributed by atoms with E-state index >= 15 is 0 Å². The van der Waals surface area contributed by atoms with E-state index in [-0.39, 0.29) is 0 Å². The molecule has 3 heteroatoms. The first-order valence-corrected chi connectivity index (χ1v) is 18.8. The van der Waals surface area contributed by atoms with Crippen LogP contribution in [0.1, 0.15) is 155 Å². The van der Waals surface area contributed by atoms with Gasteiger partial charge in [0.1, 0.15) is 0 Å². The molecule has 4 rings (SSSR count). The molecule has 264 valence electrons. The predicted octanol–water partition coefficient (Wildman–Crippen LogP) is 13.6. The Kier molecular flexibility index (Phi) is 33.9. The Morgan fingerprint density at radius 2 is 1.24 bits per heavy atom. The molecule has 3 heterocycles. The molecule has 0 radical (unpaired) electrons. The van der Waals surface area contributed by atoms with Gasteiger partial charge in [-0.2, -0.15) is 0 Å². The molecular weight excluding hydrogens is 546 g/mol. The molecule has 0 bridgehead atoms. The van der Waals surface area contributed by atoms with Gasteiger partial charge in [0.15, 0.2) is 0 Å². The molecule has 0 spiro atoms. The average Bonchev–Trinajstić information content (AvgIpc) is 3.80. The standard InChI is InChI=1S/C12H15N.C8H13N.2C7H16.C4H9N.2C2H6/c1-9(2)7-10-8-13-12-6-4-3-5-11(10)12;1-7(2)5-8-3-4-9-6-8;1-6(2)5-7(3)4;1-5-7(4)6(2)3;1-2-4-5-3-1;2*1-2/h3-6,8-9,13H,7H2,1-2H3;4,6-7H,3,5H2,1-2H3;2*6-7H,5H2,1-4H3;5H,1-4H2;2*1-2H3/t;;;7-;;;/m...0.../s1. The molecule has 0 saturated carbocycles. The molecule has 1 aromatic heterocycles. The van der Waals surface area contributed by atoms with Gasteiger partial charge in [-0.3, -0.25) is 4.99 Å². The zero-order valence-corrected chi connectivity index (χ0v) is 33.3. The van der Waals surface area contributed by atoms with Crippen LogP contribution in [0.2, 0.25) is 0 Å². The van der Waals surface area contributed by atoms with Crippen molar-refractivity contribution < 1.29 is 0 Å². The van der Waals surface area contributed by atoms with Gasteiger partial charge >= 0.3 is 0 Å². The number of aromatic nitrogens is 1. The van der Waals surface area contributed by atoms with Gasteiger partial charge in [-0.1, -0.05) is 135 Å². The van der Waals surface area contributed by atoms with Crippen molar-refractivity contribution in [3.63, 3.8) is 0 Å². The predicted molar refractivity (Wildman–Crippen MR) is 211 cm³/mol. The Labute approximate surface area is 284 Å². The fraction of sp³-hybridized carbons (Fsp3) is 0.738. The van der Waals surface area contributed by atoms with Gasteiger partial charge in [0.25, 0.3) is 0 Å². The molecule has 1 aromatic carbocycles. The van der Waals surface area contributed by atoms with Gasteiger partial charge in [-0.05, 0) is 97.9 Å². The van der Waals surface area contributed by atoms with Gasteiger partial charge in [0.2, 0.25) is 0 Å². The van der Waals surface area contributed by atoms with Crippen LogP contribution in [-0.4, -0.2) is 24.3 Å². The van der Waals surface area contributed by atoms with Gasteiger partial charge in [-0.15, -0.1) is 0 Å². The lowest BCUT2D eigenvalue weighted by atomic mass is 9.96. The molecular formula is C42H81N3. The zero-order valence-electron chi connectivity index (χ0n) is 33.3. The van der Waals surface area contributed by atoms with Crippen molar-refractivity contribution >= 4 is 17.1 Å². The average molecular weight is 628 g/mol. The lowest BCUT2D eigenvalue weighted by molar-refractivity contribution is 0.407. The number of aromatic amines is 1. The molecule has 0 aliphatic carbocycles. The summed E-state index contributed by atoms with van der Waals surface area (Å²) in [5.74, 6) is 5.02. The first-order valence-electron chi connectivity index (χ1n) is 18.8. The summed E-state index contributed by atoms with van der Waals surface area (Å²) in [6.45, 7) is 37.6. The molecule has 2 N–H and O–H groups in total. The van der Waals surface area contributed by atoms with E-state index in [0.29, 0.717) is 0 Å². The van der Waals surface area contributed by atoms with Crippen molar-refractivity contribution in [1.82, 2.24) is 10.3 Å². The number of nitrogens with one attached hydrogen (secondary N) is 2. The van der Waals surface area contributed by atoms with E-state index in [2.05, 4.69) is 129 Å². The highest BCUT2D eigenvalue weighted by Crippen LogP contribution is 2.20. The summed E-state index contributed by atoms with van der Waals surface area (Å²) in [6.07, 6.45) is 15.0. The largest absolute Gasteiger partial charge is 0.361 e. The Bertz CT molecular complexity index is 913. The van der Waals surface area contributed by atoms with Crippen LogP contribution >= 0.6 is 0 Å². The van der Waals surface area contributed by atoms with Crippen LogP contribution in [0.4, 0.5) is 0 Å². The molecule has 3 nitrogen and oxygen atoms in total. The number of hydrogen-bond acceptors (Lipinski definition) is 2. The summed E-state index contributed by atoms with van der Waals surface area (Å²) in [6, 6.07) is 8.47. The van der Waals surface area contributed by atoms with E-state index in [4.69, 9.17) is 0 Å². The first kappa shape index (κ1) is 47.5. The summed E-state index contributed by atoms with van der Waals surface area (Å²) in [7, 11) is 0. The third-order valence-electron chi connectivity index (χ3n) is 7.37. The Morgan fingerprint density at radius 3 is 1.58 bits per heavy atom. The molecule has 2 aliphatic rings. The maximum Gasteiger partial charge on any atom is 0.0456 e. The summed E-state index contributed by atoms with van der Waals surface area (Å²) < 4.78 is 0. The molecule has 0 unspecified atom stereocenters. The molecule has 45 heavy (non-hydrogen) atoms. The first-order chi connectivity index (χ1) is 21.4. The number of aliphatic imine (C=N–C) groups is 1. The second-order valence-corrected chi connectivity index (χ2v) is 14.0. The number of fused-ring (bicyclic) bond motifs is 1. The van der Waals surface area contributed by atoms with Crippen molar-refractivity contribution in [3.8, 4) is 0 Å². The van der Waals surface area contributed by atoms with Crippen molar-refractivity contribution in [1.29, 1.82) is 0 Å². The number of rotatable bonds is 8. The normalized spacial score (nSPS) is 13.7. The van der Waals surface area contributed by atoms with Crippen molar-refractivity contribution in [3.05, 3.63) is 47.8 Å². The van der Waals surface area contributed by atoms with E-state index in [1.165, 1.54) is 67.2 Å². The fourth-order valence-electron chi connectivity index (χ4n) is 4.82. The third-order valence-corrected chi connectivity index (χ3v) is 7.37. The van der Waals surface area contributed by atoms with Crippen molar-refractivity contribution in [2.45, 2.75) is 156 Å². The van der Waals surface area contributed by atoms with Crippen LogP contribution in [0.25, 0.3) is 10.9 Å². The lowest BCUT2D eigenvalue weighted by Gasteiger charge is -2.10. The summed E-state index contributed by atoms with van der Waals surface area (Å²) >= 11 is 0. The molecule has 1 atom stereocenters. The molecule has 0 amide bonds. The highest BCUT2D eigenvalue weighted by atomic mass is 14.9. The topological polar surface area (TPSA) is 40.2 Å². The highest BCUT2D eigenvalue weighted by molar-refractivity contribution is 5.83. The van der Waals surface area contributed by atoms with Gasteiger partial charge in [0, 0.05) is 35.9 Å². The Morgan fingerprint density at radius 1 is 0.711 bits per heavy atom. The molecule has 2 aromatic rings. The SMILES string of the molecule is C1CCNC1.CC.CC.CC(C)CC(C)C.CC(C)CC1=CN=CC1.CC(C)Cc1c[nH]c2ccccc12.CC[C@H](C)C(C)C. The lowest BCUT2D eigenvalue weighted by Crippen LogP contribution is -2.03. The van der Waals surface area contributed by atoms with E-state index in [1.54, 1.807) is 0 Å². The molecule has 1 saturated heterocycles. The number of H-pyrrole nitrogens is 1. The van der Waals surface area contributed by atoms with E-state index < -0.39 is 0 Å². The van der Waals surface area contributed by atoms with E-state index in [9.17, 15) is 0 Å². The summed E-state index contributed by atoms with van der Waals surface area (Å²) in [5.41, 5.74) is 4.16. The van der Waals surface area contributed by atoms with Crippen LogP contribution in [0.3, 0.4) is 0 Å². The van der Waals surface area contributed by atoms with Gasteiger partial charge < -0.3 is 10.3 Å². The van der Waals surface area contributed by atoms with Gasteiger partial charge in [0.05, 0.1) is 0 Å².